The number of nitrogens with one attached hydrogen (secondary N) is 1. The minimum Gasteiger partial charge on any atom is -0.497 e. The lowest BCUT2D eigenvalue weighted by Crippen LogP contribution is -2.24. The van der Waals surface area contributed by atoms with Crippen LogP contribution in [0.2, 0.25) is 0 Å². The Morgan fingerprint density at radius 3 is 2.59 bits per heavy atom. The molecule has 1 heterocycles. The number of thiazole rings is 1. The van der Waals surface area contributed by atoms with Crippen LogP contribution in [0.4, 0.5) is 10.5 Å². The molecule has 2 aromatic carbocycles. The molecule has 0 bridgehead atoms. The molecule has 0 fully saturated rings. The minimum atomic E-state index is -1.00. The van der Waals surface area contributed by atoms with Crippen LogP contribution >= 0.6 is 11.3 Å². The molecule has 0 saturated heterocycles. The highest BCUT2D eigenvalue weighted by Gasteiger charge is 2.09. The number of carbonyl (C=O) groups is 1. The lowest BCUT2D eigenvalue weighted by atomic mass is 10.1. The molecule has 0 unspecified atom stereocenters. The predicted octanol–water partition coefficient (Wildman–Crippen LogP) is 4.12. The van der Waals surface area contributed by atoms with E-state index in [9.17, 15) is 4.79 Å². The van der Waals surface area contributed by atoms with Crippen molar-refractivity contribution in [3.8, 4) is 17.0 Å². The number of hydrogen-bond donors (Lipinski definition) is 2. The fourth-order valence-electron chi connectivity index (χ4n) is 2.67. The molecule has 27 heavy (non-hydrogen) atoms. The number of rotatable bonds is 7. The smallest absolute Gasteiger partial charge is 0.404 e. The van der Waals surface area contributed by atoms with Crippen LogP contribution in [0.1, 0.15) is 6.42 Å². The summed E-state index contributed by atoms with van der Waals surface area (Å²) in [5, 5.41) is 13.2. The van der Waals surface area contributed by atoms with E-state index in [0.29, 0.717) is 19.5 Å². The number of para-hydroxylation sites is 1. The molecule has 6 nitrogen and oxygen atoms in total. The summed E-state index contributed by atoms with van der Waals surface area (Å²) in [4.78, 5) is 16.3. The molecule has 0 atom stereocenters. The van der Waals surface area contributed by atoms with Gasteiger partial charge in [-0.15, -0.1) is 11.3 Å². The van der Waals surface area contributed by atoms with Gasteiger partial charge < -0.3 is 19.7 Å². The summed E-state index contributed by atoms with van der Waals surface area (Å²) in [5.41, 5.74) is 3.00. The normalized spacial score (nSPS) is 11.4. The Morgan fingerprint density at radius 1 is 1.19 bits per heavy atom. The molecule has 0 aliphatic heterocycles. The molecule has 7 heteroatoms. The van der Waals surface area contributed by atoms with E-state index in [2.05, 4.69) is 15.3 Å². The van der Waals surface area contributed by atoms with Crippen molar-refractivity contribution in [3.63, 3.8) is 0 Å². The van der Waals surface area contributed by atoms with Crippen LogP contribution < -0.4 is 14.9 Å². The van der Waals surface area contributed by atoms with E-state index in [1.807, 2.05) is 54.6 Å². The quantitative estimate of drug-likeness (QED) is 0.603. The number of amides is 1. The molecule has 1 aromatic heterocycles. The van der Waals surface area contributed by atoms with E-state index in [-0.39, 0.29) is 0 Å². The van der Waals surface area contributed by atoms with Gasteiger partial charge in [-0.2, -0.15) is 0 Å². The van der Waals surface area contributed by atoms with Gasteiger partial charge in [-0.05, 0) is 48.4 Å². The summed E-state index contributed by atoms with van der Waals surface area (Å²) >= 11 is 1.57. The first-order valence-corrected chi connectivity index (χ1v) is 9.44. The number of benzene rings is 2. The fraction of sp³-hybridized carbons (Fsp3) is 0.200. The van der Waals surface area contributed by atoms with Gasteiger partial charge in [0.1, 0.15) is 5.75 Å². The van der Waals surface area contributed by atoms with Crippen molar-refractivity contribution in [3.05, 3.63) is 64.8 Å². The topological polar surface area (TPSA) is 75.8 Å². The number of hydrogen-bond acceptors (Lipinski definition) is 4. The van der Waals surface area contributed by atoms with Crippen molar-refractivity contribution in [1.82, 2.24) is 9.88 Å². The molecular weight excluding hydrogens is 362 g/mol. The molecule has 0 spiro atoms. The van der Waals surface area contributed by atoms with E-state index in [1.165, 1.54) is 0 Å². The monoisotopic (exact) mass is 383 g/mol. The van der Waals surface area contributed by atoms with Gasteiger partial charge in [0.05, 0.1) is 18.5 Å². The molecule has 0 radical (unpaired) electrons. The molecule has 0 aliphatic rings. The van der Waals surface area contributed by atoms with Crippen molar-refractivity contribution in [1.29, 1.82) is 0 Å². The molecule has 0 saturated carbocycles. The summed E-state index contributed by atoms with van der Waals surface area (Å²) in [6, 6.07) is 17.7. The highest BCUT2D eigenvalue weighted by atomic mass is 32.1. The highest BCUT2D eigenvalue weighted by Crippen LogP contribution is 2.23. The molecule has 2 N–H and O–H groups in total. The third-order valence-corrected chi connectivity index (χ3v) is 4.86. The summed E-state index contributed by atoms with van der Waals surface area (Å²) in [7, 11) is 1.64. The Hall–Kier alpha value is -3.06. The van der Waals surface area contributed by atoms with Crippen LogP contribution in [0.15, 0.2) is 65.0 Å². The van der Waals surface area contributed by atoms with Crippen LogP contribution in [-0.4, -0.2) is 29.4 Å². The van der Waals surface area contributed by atoms with Crippen LogP contribution in [0.5, 0.6) is 5.75 Å². The third kappa shape index (κ3) is 4.98. The Bertz CT molecular complexity index is 947. The van der Waals surface area contributed by atoms with Gasteiger partial charge in [0.15, 0.2) is 4.80 Å². The fourth-order valence-corrected chi connectivity index (χ4v) is 3.63. The maximum absolute atomic E-state index is 10.7. The van der Waals surface area contributed by atoms with Crippen LogP contribution in [0, 0.1) is 0 Å². The molecular formula is C20H21N3O3S. The van der Waals surface area contributed by atoms with Crippen LogP contribution in [0.25, 0.3) is 11.3 Å². The van der Waals surface area contributed by atoms with Crippen molar-refractivity contribution in [2.45, 2.75) is 13.0 Å². The second-order valence-corrected chi connectivity index (χ2v) is 6.65. The zero-order valence-electron chi connectivity index (χ0n) is 15.0. The van der Waals surface area contributed by atoms with Crippen molar-refractivity contribution < 1.29 is 14.6 Å². The molecule has 140 valence electrons. The van der Waals surface area contributed by atoms with E-state index in [1.54, 1.807) is 18.4 Å². The first kappa shape index (κ1) is 18.7. The average molecular weight is 383 g/mol. The summed E-state index contributed by atoms with van der Waals surface area (Å²) in [6.45, 7) is 1.06. The first-order chi connectivity index (χ1) is 13.2. The van der Waals surface area contributed by atoms with Gasteiger partial charge in [-0.25, -0.2) is 9.79 Å². The Balaban J connectivity index is 1.94. The van der Waals surface area contributed by atoms with E-state index < -0.39 is 6.09 Å². The number of ether oxygens (including phenoxy) is 1. The van der Waals surface area contributed by atoms with Crippen LogP contribution in [-0.2, 0) is 6.54 Å². The lowest BCUT2D eigenvalue weighted by molar-refractivity contribution is 0.194. The molecule has 0 aliphatic carbocycles. The standard InChI is InChI=1S/C20H21N3O3S/c1-26-17-10-8-15(9-11-17)18-14-27-19(22-16-6-3-2-4-7-16)23(18)13-5-12-21-20(24)25/h2-4,6-11,14,21H,5,12-13H2,1H3,(H,24,25). The summed E-state index contributed by atoms with van der Waals surface area (Å²) in [6.07, 6.45) is -0.330. The summed E-state index contributed by atoms with van der Waals surface area (Å²) < 4.78 is 7.36. The van der Waals surface area contributed by atoms with E-state index in [4.69, 9.17) is 14.8 Å². The maximum Gasteiger partial charge on any atom is 0.404 e. The summed E-state index contributed by atoms with van der Waals surface area (Å²) in [5.74, 6) is 0.806. The van der Waals surface area contributed by atoms with Crippen molar-refractivity contribution in [2.24, 2.45) is 4.99 Å². The Morgan fingerprint density at radius 2 is 1.93 bits per heavy atom. The SMILES string of the molecule is COc1ccc(-c2csc(=Nc3ccccc3)n2CCCNC(=O)O)cc1. The van der Waals surface area contributed by atoms with Gasteiger partial charge in [0, 0.05) is 18.5 Å². The minimum absolute atomic E-state index is 0.394. The average Bonchev–Trinajstić information content (AvgIpc) is 3.08. The van der Waals surface area contributed by atoms with Gasteiger partial charge in [0.25, 0.3) is 0 Å². The number of nitrogens with zero attached hydrogens (tertiary/aromatic N) is 2. The highest BCUT2D eigenvalue weighted by molar-refractivity contribution is 7.07. The van der Waals surface area contributed by atoms with E-state index in [0.717, 1.165) is 27.5 Å². The van der Waals surface area contributed by atoms with Gasteiger partial charge in [0.2, 0.25) is 0 Å². The van der Waals surface area contributed by atoms with Gasteiger partial charge in [-0.3, -0.25) is 0 Å². The maximum atomic E-state index is 10.7. The number of carboxylic acid groups (broad SMARTS) is 1. The second-order valence-electron chi connectivity index (χ2n) is 5.82. The van der Waals surface area contributed by atoms with Crippen molar-refractivity contribution in [2.75, 3.05) is 13.7 Å². The van der Waals surface area contributed by atoms with Gasteiger partial charge in [-0.1, -0.05) is 18.2 Å². The Kier molecular flexibility index (Phi) is 6.27. The van der Waals surface area contributed by atoms with Crippen molar-refractivity contribution >= 4 is 23.1 Å². The molecule has 1 amide bonds. The van der Waals surface area contributed by atoms with Gasteiger partial charge >= 0.3 is 6.09 Å². The lowest BCUT2D eigenvalue weighted by Gasteiger charge is -2.10. The van der Waals surface area contributed by atoms with Crippen LogP contribution in [0.3, 0.4) is 0 Å². The molecule has 3 aromatic rings. The second kappa shape index (κ2) is 9.05. The largest absolute Gasteiger partial charge is 0.497 e. The van der Waals surface area contributed by atoms with E-state index >= 15 is 0 Å². The zero-order chi connectivity index (χ0) is 19.1. The number of aromatic nitrogens is 1. The third-order valence-electron chi connectivity index (χ3n) is 4.00. The number of methoxy groups -OCH3 is 1. The first-order valence-electron chi connectivity index (χ1n) is 8.56. The Labute approximate surface area is 161 Å². The zero-order valence-corrected chi connectivity index (χ0v) is 15.8. The molecule has 3 rings (SSSR count). The predicted molar refractivity (Wildman–Crippen MR) is 107 cm³/mol.